The van der Waals surface area contributed by atoms with Crippen molar-refractivity contribution < 1.29 is 0 Å². The van der Waals surface area contributed by atoms with Crippen molar-refractivity contribution in [3.63, 3.8) is 0 Å². The molecule has 86 atom stereocenters. The molecule has 46 aliphatic carbocycles. The number of hydrogen-bond donors (Lipinski definition) is 0. The molecule has 46 aliphatic rings. The second-order valence-electron chi connectivity index (χ2n) is 73.1. The number of hydrogen-bond acceptors (Lipinski definition) is 0. The maximum Gasteiger partial charge on any atom is -0.0104 e. The molecule has 0 saturated heterocycles. The van der Waals surface area contributed by atoms with Gasteiger partial charge in [-0.15, -0.1) is 0 Å². The first kappa shape index (κ1) is 77.3. The van der Waals surface area contributed by atoms with E-state index in [1.807, 2.05) is 38.5 Å². The first-order chi connectivity index (χ1) is 68.0. The van der Waals surface area contributed by atoms with Gasteiger partial charge in [-0.05, 0) is 714 Å². The summed E-state index contributed by atoms with van der Waals surface area (Å²) in [5.74, 6) is 84.8. The molecule has 0 nitrogen and oxygen atoms in total. The van der Waals surface area contributed by atoms with Gasteiger partial charge in [0.05, 0.1) is 0 Å². The van der Waals surface area contributed by atoms with Crippen LogP contribution in [-0.2, 0) is 0 Å². The van der Waals surface area contributed by atoms with Gasteiger partial charge in [0.1, 0.15) is 0 Å². The summed E-state index contributed by atoms with van der Waals surface area (Å²) in [5.41, 5.74) is 10.4. The van der Waals surface area contributed by atoms with Crippen LogP contribution in [0.15, 0.2) is 0 Å². The van der Waals surface area contributed by atoms with Crippen LogP contribution in [0.25, 0.3) is 0 Å². The summed E-state index contributed by atoms with van der Waals surface area (Å²) in [4.78, 5) is 0. The molecule has 10 unspecified atom stereocenters. The summed E-state index contributed by atoms with van der Waals surface area (Å²) in [7, 11) is 0. The third-order valence-corrected chi connectivity index (χ3v) is 78.9. The molecule has 0 radical (unpaired) electrons. The van der Waals surface area contributed by atoms with Gasteiger partial charge < -0.3 is 0 Å². The normalized spacial score (nSPS) is 83.2. The van der Waals surface area contributed by atoms with Gasteiger partial charge in [0.25, 0.3) is 0 Å². The monoisotopic (exact) mass is 1860 g/mol. The van der Waals surface area contributed by atoms with Crippen molar-refractivity contribution in [2.75, 3.05) is 0 Å². The minimum absolute atomic E-state index is 0.495. The summed E-state index contributed by atoms with van der Waals surface area (Å²) >= 11 is 0. The molecule has 46 saturated carbocycles. The van der Waals surface area contributed by atoms with Gasteiger partial charge in [-0.3, -0.25) is 0 Å². The second kappa shape index (κ2) is 21.8. The Morgan fingerprint density at radius 2 is 0.784 bits per heavy atom. The smallest absolute Gasteiger partial charge is 0.0104 e. The molecule has 10 spiro atoms. The first-order valence-corrected chi connectivity index (χ1v) is 68.0. The third-order valence-electron chi connectivity index (χ3n) is 78.9. The summed E-state index contributed by atoms with van der Waals surface area (Å²) in [6.45, 7) is 24.6. The molecule has 742 valence electrons. The predicted molar refractivity (Wildman–Crippen MR) is 538 cm³/mol. The number of rotatable bonds is 0. The highest BCUT2D eigenvalue weighted by Crippen LogP contribution is 3.19. The molecule has 0 aromatic heterocycles. The van der Waals surface area contributed by atoms with E-state index in [4.69, 9.17) is 0 Å². The standard InChI is InChI=1S/C139H186/c1-54-25-26-55(2)127(6)76-23-13-14-39-130-50-64-44-74-71(21-16-38-126(54,130)5)80-81(74)85-84(80)86-87(85)89-88(86)90-91(89)99-94(90)105-116(99)137-79-24-12-11-22-75-82-102-121(119(82)132(75)40-37-70(132)41-59-28-35-68-46-69(133(68,79)49-59)36-33-61-30-32-63(61)43-73-57(4)129(8)110(73)106-101-100(114(106)129)107(117(101)137)118(105)137)136-51-78-111-83-77-47-67(134(77,52-130)125(83)138(111)108(64)124(122(102)136)139(78,136)138)20-10-9-19-65-45-66-34-27-58-17-15-18-60-29-31-62(60)42-72-56(3)128(7)109(72)103-95-93-92(97(95)113(103)128)96-98(93)115-104(96)120-123(127)112(76)135(115,120)53-131(65,66)48-58/h54-125H,9-53H2,1-8H3/t54-,55+,56-,57?,58-,59+,60+,61+,62+,63?,64-,65+,66?,67-,68?,69+,70-,71-,72+,73-,74+,75-,76+,77?,78?,79?,80-,81+,82-,83?,84-,85+,86-,87+,88-,89+,90-,91+,92-,93-,94-,95-,96-,97+,98+,99+,100+,101+,102+,103+,104-,105-,106-,107+,108+,109-,110?,111?,112-,113+,114-,115+,116+,117-,118+,119-,120+,121+,122-,123+,124+,125+,126-,127+,128-,129+,130-,131-,132-,133+,134-,135+,136-,137-,138+,139+/m0/s1. The Bertz CT molecular complexity index is 5820. The van der Waals surface area contributed by atoms with Crippen LogP contribution in [0.1, 0.15) is 344 Å². The van der Waals surface area contributed by atoms with Crippen LogP contribution in [0.4, 0.5) is 0 Å². The SMILES string of the molecule is CC1[C@@H]2CC3CC[C@@H]3CC[C@@H]3CC4CC[C@@H]5C[C@@H]6CC[C@]67[C@H]6[C@@H]8[C@@H]9[C@H]6[C@@]6%10CC%11C%12C%13C%14C[C@@H]%15CCCC[C@@H]%16CC%17CC[C@@H]%18CCC[C@@H]%19CC[C@@H]%19C[C@H]%19[C@H]%20[C@H]%21[C@H]%22[C@@H]%23[C@@H]([C@H]%24[C@@H]%23[C@@H]%23[C@H]%24[C@@H]%24[C@H]%25[C@H]([C@H]%26CCCC[C@@]%27%28C[C@H](C[C@@H]%29[C@H](CCC[C@@]%27(C)[C@@H](C)CC[C@@H](C)[C@@]%25%26C)[C@H]%25[C@@H]%29[C@@H]%26[C@H]%25[C@H]%25[C@@H]%26[C@@H]%26[C@H]%25[C@H]%25[C@@H]%26[C@@H]%26[C@H]%25[C@@H]%25[C@@H]%27[C@@H]%29[C@H]%30[C@H]([C@H]%31C2[C@]1(C)[C@H]%31%30)[C@@H]%29[C@]%27(C(CCCC[C@@H]87)[C@]43C5)[C@H]%26%25)[C@@H]1[C@H]([C@H]96)[C@]%11%10[C@@]%121[C@H]%13[C@]%14%15C%28)[C@]%23%24C[C@]%17%16C%18)[C@H]%22[C@H]%21[C@@]%20(C)[C@H]%19C. The van der Waals surface area contributed by atoms with E-state index in [0.717, 1.165) is 213 Å². The van der Waals surface area contributed by atoms with E-state index < -0.39 is 0 Å². The second-order valence-corrected chi connectivity index (χ2v) is 73.1. The average Bonchev–Trinajstić information content (AvgIpc) is 0.531. The lowest BCUT2D eigenvalue weighted by Gasteiger charge is -3.17. The van der Waals surface area contributed by atoms with Gasteiger partial charge in [0.15, 0.2) is 0 Å². The summed E-state index contributed by atoms with van der Waals surface area (Å²) in [6.07, 6.45) is 77.2. The minimum atomic E-state index is 0.495. The first-order valence-electron chi connectivity index (χ1n) is 68.0. The molecular weight excluding hydrogens is 1670 g/mol. The van der Waals surface area contributed by atoms with Crippen molar-refractivity contribution in [1.29, 1.82) is 0 Å². The van der Waals surface area contributed by atoms with Crippen molar-refractivity contribution >= 4 is 0 Å². The minimum Gasteiger partial charge on any atom is -0.0620 e. The summed E-state index contributed by atoms with van der Waals surface area (Å²) < 4.78 is 0. The van der Waals surface area contributed by atoms with Crippen LogP contribution in [0.5, 0.6) is 0 Å². The molecule has 0 N–H and O–H groups in total. The largest absolute Gasteiger partial charge is 0.0620 e. The van der Waals surface area contributed by atoms with Gasteiger partial charge in [0.2, 0.25) is 0 Å². The van der Waals surface area contributed by atoms with Crippen molar-refractivity contribution in [2.24, 2.45) is 502 Å². The molecule has 0 amide bonds. The van der Waals surface area contributed by atoms with Crippen LogP contribution in [0.2, 0.25) is 0 Å². The van der Waals surface area contributed by atoms with E-state index in [1.54, 1.807) is 250 Å². The van der Waals surface area contributed by atoms with Gasteiger partial charge in [0, 0.05) is 0 Å². The average molecular weight is 1860 g/mol. The third kappa shape index (κ3) is 6.15. The summed E-state index contributed by atoms with van der Waals surface area (Å²) in [5, 5.41) is 0. The maximum absolute atomic E-state index is 3.35. The van der Waals surface area contributed by atoms with Gasteiger partial charge >= 0.3 is 0 Å². The van der Waals surface area contributed by atoms with Crippen LogP contribution < -0.4 is 0 Å². The fourth-order valence-electron chi connectivity index (χ4n) is 77.5. The van der Waals surface area contributed by atoms with Gasteiger partial charge in [-0.25, -0.2) is 0 Å². The Morgan fingerprint density at radius 1 is 0.230 bits per heavy atom. The Balaban J connectivity index is 0.421. The van der Waals surface area contributed by atoms with E-state index in [9.17, 15) is 0 Å². The van der Waals surface area contributed by atoms with E-state index in [0.29, 0.717) is 16.2 Å². The molecule has 0 heterocycles. The Labute approximate surface area is 840 Å². The van der Waals surface area contributed by atoms with E-state index >= 15 is 0 Å². The van der Waals surface area contributed by atoms with Crippen LogP contribution in [0.3, 0.4) is 0 Å². The molecule has 139 heavy (non-hydrogen) atoms. The Kier molecular flexibility index (Phi) is 12.1. The van der Waals surface area contributed by atoms with Gasteiger partial charge in [-0.1, -0.05) is 132 Å². The maximum atomic E-state index is 3.35. The van der Waals surface area contributed by atoms with Crippen LogP contribution in [0, 0.1) is 502 Å². The zero-order valence-electron chi connectivity index (χ0n) is 88.4. The van der Waals surface area contributed by atoms with E-state index in [2.05, 4.69) is 55.4 Å². The Hall–Kier alpha value is 0. The molecule has 0 aromatic carbocycles. The fourth-order valence-corrected chi connectivity index (χ4v) is 77.5. The molecule has 0 heteroatoms. The van der Waals surface area contributed by atoms with Crippen LogP contribution >= 0.6 is 0 Å². The lowest BCUT2D eigenvalue weighted by atomic mass is 8.87. The van der Waals surface area contributed by atoms with Crippen LogP contribution in [-0.4, -0.2) is 0 Å². The number of fused-ring (bicyclic) bond motifs is 55. The van der Waals surface area contributed by atoms with Crippen molar-refractivity contribution in [1.82, 2.24) is 0 Å². The van der Waals surface area contributed by atoms with E-state index in [1.165, 1.54) is 272 Å². The molecule has 0 aromatic rings. The fraction of sp³-hybridized carbons (Fsp3) is 1.00. The van der Waals surface area contributed by atoms with Gasteiger partial charge in [-0.2, -0.15) is 0 Å². The predicted octanol–water partition coefficient (Wildman–Crippen LogP) is 30.5. The zero-order valence-corrected chi connectivity index (χ0v) is 88.4. The van der Waals surface area contributed by atoms with Crippen molar-refractivity contribution in [3.8, 4) is 0 Å². The molecule has 9 bridgehead atoms. The lowest BCUT2D eigenvalue weighted by Crippen LogP contribution is -3.14. The quantitative estimate of drug-likeness (QED) is 0.212. The van der Waals surface area contributed by atoms with E-state index in [-0.39, 0.29) is 0 Å². The topological polar surface area (TPSA) is 0 Å². The summed E-state index contributed by atoms with van der Waals surface area (Å²) in [6, 6.07) is 0. The molecule has 46 rings (SSSR count). The van der Waals surface area contributed by atoms with Crippen molar-refractivity contribution in [2.45, 2.75) is 344 Å². The highest BCUT2D eigenvalue weighted by atomic mass is 15.2. The molecule has 0 aliphatic heterocycles. The lowest BCUT2D eigenvalue weighted by molar-refractivity contribution is -0.709. The zero-order chi connectivity index (χ0) is 88.4. The van der Waals surface area contributed by atoms with Crippen molar-refractivity contribution in [3.05, 3.63) is 0 Å². The highest BCUT2D eigenvalue weighted by Gasteiger charge is 3.16. The Morgan fingerprint density at radius 3 is 1.55 bits per heavy atom. The molecular formula is C139H186. The molecule has 46 fully saturated rings. The highest BCUT2D eigenvalue weighted by molar-refractivity contribution is 5.62.